The van der Waals surface area contributed by atoms with E-state index in [0.717, 1.165) is 32.7 Å². The van der Waals surface area contributed by atoms with Gasteiger partial charge in [-0.3, -0.25) is 0 Å². The molecule has 1 N–H and O–H groups in total. The first kappa shape index (κ1) is 17.0. The van der Waals surface area contributed by atoms with Gasteiger partial charge in [-0.1, -0.05) is 48.0 Å². The fraction of sp³-hybridized carbons (Fsp3) is 0.158. The summed E-state index contributed by atoms with van der Waals surface area (Å²) in [5.41, 5.74) is 6.43. The summed E-state index contributed by atoms with van der Waals surface area (Å²) < 4.78 is 6.71. The Labute approximate surface area is 150 Å². The predicted octanol–water partition coefficient (Wildman–Crippen LogP) is 4.34. The summed E-state index contributed by atoms with van der Waals surface area (Å²) in [4.78, 5) is 11.2. The molecule has 0 fully saturated rings. The van der Waals surface area contributed by atoms with Gasteiger partial charge in [0, 0.05) is 33.7 Å². The molecule has 3 rings (SSSR count). The van der Waals surface area contributed by atoms with Crippen LogP contribution in [0.3, 0.4) is 0 Å². The number of fused-ring (bicyclic) bond motifs is 1. The first-order valence-corrected chi connectivity index (χ1v) is 8.18. The van der Waals surface area contributed by atoms with Crippen molar-refractivity contribution in [1.29, 1.82) is 0 Å². The van der Waals surface area contributed by atoms with Gasteiger partial charge in [0.15, 0.2) is 0 Å². The van der Waals surface area contributed by atoms with Crippen molar-refractivity contribution in [3.63, 3.8) is 0 Å². The van der Waals surface area contributed by atoms with Gasteiger partial charge in [-0.2, -0.15) is 5.10 Å². The van der Waals surface area contributed by atoms with Gasteiger partial charge in [0.25, 0.3) is 0 Å². The van der Waals surface area contributed by atoms with E-state index in [1.807, 2.05) is 49.4 Å². The summed E-state index contributed by atoms with van der Waals surface area (Å²) in [5.74, 6) is 0. The minimum absolute atomic E-state index is 0.603. The van der Waals surface area contributed by atoms with E-state index in [1.165, 1.54) is 7.11 Å². The van der Waals surface area contributed by atoms with Gasteiger partial charge in [0.2, 0.25) is 0 Å². The first-order valence-electron chi connectivity index (χ1n) is 7.80. The summed E-state index contributed by atoms with van der Waals surface area (Å²) in [7, 11) is 1.30. The maximum Gasteiger partial charge on any atom is 0.427 e. The molecule has 3 aromatic rings. The molecule has 0 aliphatic carbocycles. The predicted molar refractivity (Wildman–Crippen MR) is 100 cm³/mol. The molecule has 1 amide bonds. The van der Waals surface area contributed by atoms with Crippen molar-refractivity contribution in [1.82, 2.24) is 9.99 Å². The number of nitrogens with zero attached hydrogens (tertiary/aromatic N) is 2. The van der Waals surface area contributed by atoms with Gasteiger partial charge >= 0.3 is 6.09 Å². The Morgan fingerprint density at radius 2 is 1.96 bits per heavy atom. The van der Waals surface area contributed by atoms with Gasteiger partial charge in [-0.15, -0.1) is 0 Å². The van der Waals surface area contributed by atoms with Crippen LogP contribution in [0.25, 0.3) is 10.9 Å². The molecular weight excluding hydrogens is 338 g/mol. The lowest BCUT2D eigenvalue weighted by atomic mass is 10.1. The number of hydrogen-bond acceptors (Lipinski definition) is 3. The molecule has 0 aliphatic heterocycles. The number of methoxy groups -OCH3 is 1. The minimum Gasteiger partial charge on any atom is -0.452 e. The van der Waals surface area contributed by atoms with E-state index in [-0.39, 0.29) is 0 Å². The lowest BCUT2D eigenvalue weighted by Crippen LogP contribution is -2.16. The van der Waals surface area contributed by atoms with Crippen molar-refractivity contribution in [2.24, 2.45) is 5.10 Å². The van der Waals surface area contributed by atoms with E-state index < -0.39 is 6.09 Å². The molecule has 128 valence electrons. The number of para-hydroxylation sites is 1. The smallest absolute Gasteiger partial charge is 0.427 e. The van der Waals surface area contributed by atoms with Crippen LogP contribution in [-0.4, -0.2) is 24.0 Å². The molecule has 0 spiro atoms. The maximum atomic E-state index is 11.2. The monoisotopic (exact) mass is 355 g/mol. The van der Waals surface area contributed by atoms with E-state index >= 15 is 0 Å². The summed E-state index contributed by atoms with van der Waals surface area (Å²) in [5, 5.41) is 5.77. The van der Waals surface area contributed by atoms with Crippen molar-refractivity contribution in [2.75, 3.05) is 7.11 Å². The lowest BCUT2D eigenvalue weighted by Gasteiger charge is -2.10. The number of amides is 1. The van der Waals surface area contributed by atoms with Crippen LogP contribution >= 0.6 is 11.6 Å². The molecule has 1 aromatic heterocycles. The maximum absolute atomic E-state index is 11.2. The van der Waals surface area contributed by atoms with Gasteiger partial charge in [0.05, 0.1) is 13.3 Å². The third-order valence-electron chi connectivity index (χ3n) is 4.10. The second-order valence-corrected chi connectivity index (χ2v) is 5.96. The molecule has 0 bridgehead atoms. The normalized spacial score (nSPS) is 11.2. The third kappa shape index (κ3) is 3.51. The van der Waals surface area contributed by atoms with Crippen molar-refractivity contribution in [3.05, 3.63) is 70.4 Å². The number of carbonyl (C=O) groups is 1. The zero-order valence-electron chi connectivity index (χ0n) is 14.0. The van der Waals surface area contributed by atoms with Crippen LogP contribution < -0.4 is 5.43 Å². The van der Waals surface area contributed by atoms with Crippen molar-refractivity contribution < 1.29 is 9.53 Å². The molecule has 0 radical (unpaired) electrons. The fourth-order valence-corrected chi connectivity index (χ4v) is 3.01. The Bertz CT molecular complexity index is 947. The standard InChI is InChI=1S/C19H18ClN3O2/c1-13-16(11-21-22-19(24)25-2)15-8-4-6-10-18(15)23(13)12-14-7-3-5-9-17(14)20/h3-11H,12H2,1-2H3,(H,22,24). The molecule has 5 nitrogen and oxygen atoms in total. The Morgan fingerprint density at radius 1 is 1.24 bits per heavy atom. The van der Waals surface area contributed by atoms with E-state index in [0.29, 0.717) is 6.54 Å². The minimum atomic E-state index is -0.603. The highest BCUT2D eigenvalue weighted by molar-refractivity contribution is 6.31. The molecule has 0 atom stereocenters. The number of hydrazone groups is 1. The second-order valence-electron chi connectivity index (χ2n) is 5.56. The van der Waals surface area contributed by atoms with Gasteiger partial charge < -0.3 is 9.30 Å². The van der Waals surface area contributed by atoms with E-state index in [9.17, 15) is 4.79 Å². The highest BCUT2D eigenvalue weighted by Crippen LogP contribution is 2.27. The van der Waals surface area contributed by atoms with Crippen molar-refractivity contribution >= 4 is 34.8 Å². The summed E-state index contributed by atoms with van der Waals surface area (Å²) in [6.07, 6.45) is 1.03. The van der Waals surface area contributed by atoms with Crippen LogP contribution in [0.15, 0.2) is 53.6 Å². The van der Waals surface area contributed by atoms with Gasteiger partial charge in [-0.05, 0) is 24.6 Å². The Morgan fingerprint density at radius 3 is 2.72 bits per heavy atom. The number of ether oxygens (including phenoxy) is 1. The first-order chi connectivity index (χ1) is 12.1. The van der Waals surface area contributed by atoms with E-state index in [1.54, 1.807) is 6.21 Å². The molecule has 0 saturated heterocycles. The third-order valence-corrected chi connectivity index (χ3v) is 4.47. The summed E-state index contributed by atoms with van der Waals surface area (Å²) in [6, 6.07) is 15.9. The van der Waals surface area contributed by atoms with Crippen LogP contribution in [0.1, 0.15) is 16.8 Å². The summed E-state index contributed by atoms with van der Waals surface area (Å²) >= 11 is 6.32. The molecule has 0 aliphatic rings. The molecule has 0 unspecified atom stereocenters. The average molecular weight is 356 g/mol. The number of halogens is 1. The lowest BCUT2D eigenvalue weighted by molar-refractivity contribution is 0.171. The van der Waals surface area contributed by atoms with Crippen LogP contribution in [0, 0.1) is 6.92 Å². The molecule has 2 aromatic carbocycles. The van der Waals surface area contributed by atoms with Crippen LogP contribution in [0.4, 0.5) is 4.79 Å². The van der Waals surface area contributed by atoms with E-state index in [4.69, 9.17) is 11.6 Å². The highest BCUT2D eigenvalue weighted by Gasteiger charge is 2.13. The van der Waals surface area contributed by atoms with Gasteiger partial charge in [0.1, 0.15) is 0 Å². The van der Waals surface area contributed by atoms with Crippen LogP contribution in [-0.2, 0) is 11.3 Å². The highest BCUT2D eigenvalue weighted by atomic mass is 35.5. The van der Waals surface area contributed by atoms with E-state index in [2.05, 4.69) is 25.9 Å². The zero-order valence-corrected chi connectivity index (χ0v) is 14.7. The summed E-state index contributed by atoms with van der Waals surface area (Å²) in [6.45, 7) is 2.68. The molecular formula is C19H18ClN3O2. The number of carbonyl (C=O) groups excluding carboxylic acids is 1. The SMILES string of the molecule is COC(=O)NN=Cc1c(C)n(Cc2ccccc2Cl)c2ccccc12. The number of rotatable bonds is 4. The Kier molecular flexibility index (Phi) is 5.05. The molecule has 1 heterocycles. The van der Waals surface area contributed by atoms with Crippen molar-refractivity contribution in [2.45, 2.75) is 13.5 Å². The molecule has 25 heavy (non-hydrogen) atoms. The fourth-order valence-electron chi connectivity index (χ4n) is 2.82. The van der Waals surface area contributed by atoms with Crippen molar-refractivity contribution in [3.8, 4) is 0 Å². The Balaban J connectivity index is 2.03. The molecule has 0 saturated carbocycles. The second kappa shape index (κ2) is 7.40. The molecule has 6 heteroatoms. The average Bonchev–Trinajstić information content (AvgIpc) is 2.89. The quantitative estimate of drug-likeness (QED) is 0.559. The number of benzene rings is 2. The number of hydrogen-bond donors (Lipinski definition) is 1. The van der Waals surface area contributed by atoms with Gasteiger partial charge in [-0.25, -0.2) is 10.2 Å². The number of aromatic nitrogens is 1. The zero-order chi connectivity index (χ0) is 17.8. The Hall–Kier alpha value is -2.79. The largest absolute Gasteiger partial charge is 0.452 e. The van der Waals surface area contributed by atoms with Crippen LogP contribution in [0.5, 0.6) is 0 Å². The van der Waals surface area contributed by atoms with Crippen LogP contribution in [0.2, 0.25) is 5.02 Å². The topological polar surface area (TPSA) is 55.6 Å². The number of nitrogens with one attached hydrogen (secondary N) is 1.